The normalized spacial score (nSPS) is 27.2. The molecule has 0 aromatic heterocycles. The lowest BCUT2D eigenvalue weighted by Gasteiger charge is -2.44. The first-order chi connectivity index (χ1) is 13.7. The molecule has 2 aliphatic rings. The molecule has 3 heteroatoms. The number of rotatable bonds is 4. The maximum absolute atomic E-state index is 11.9. The highest BCUT2D eigenvalue weighted by Crippen LogP contribution is 2.50. The van der Waals surface area contributed by atoms with Gasteiger partial charge in [-0.15, -0.1) is 0 Å². The number of methoxy groups -OCH3 is 1. The number of hydrogen-bond donors (Lipinski definition) is 1. The van der Waals surface area contributed by atoms with Gasteiger partial charge in [0.05, 0.1) is 12.7 Å². The summed E-state index contributed by atoms with van der Waals surface area (Å²) in [6.45, 7) is 0.971. The van der Waals surface area contributed by atoms with E-state index >= 15 is 0 Å². The third kappa shape index (κ3) is 2.90. The zero-order valence-corrected chi connectivity index (χ0v) is 16.3. The van der Waals surface area contributed by atoms with Crippen LogP contribution in [0.4, 0.5) is 0 Å². The molecule has 2 fully saturated rings. The van der Waals surface area contributed by atoms with Gasteiger partial charge in [0.1, 0.15) is 5.75 Å². The molecule has 3 aromatic carbocycles. The van der Waals surface area contributed by atoms with Gasteiger partial charge in [0, 0.05) is 24.2 Å². The first-order valence-corrected chi connectivity index (χ1v) is 10.3. The van der Waals surface area contributed by atoms with E-state index < -0.39 is 5.60 Å². The minimum Gasteiger partial charge on any atom is -0.496 e. The summed E-state index contributed by atoms with van der Waals surface area (Å²) in [5, 5.41) is 14.2. The van der Waals surface area contributed by atoms with Crippen molar-refractivity contribution in [1.82, 2.24) is 4.90 Å². The van der Waals surface area contributed by atoms with Crippen LogP contribution >= 0.6 is 0 Å². The Hall–Kier alpha value is -2.36. The summed E-state index contributed by atoms with van der Waals surface area (Å²) in [6, 6.07) is 23.9. The molecular weight excluding hydrogens is 346 g/mol. The second-order valence-electron chi connectivity index (χ2n) is 8.35. The van der Waals surface area contributed by atoms with E-state index in [-0.39, 0.29) is 0 Å². The van der Waals surface area contributed by atoms with E-state index in [9.17, 15) is 5.11 Å². The van der Waals surface area contributed by atoms with Crippen molar-refractivity contribution < 1.29 is 9.84 Å². The molecule has 2 atom stereocenters. The summed E-state index contributed by atoms with van der Waals surface area (Å²) in [5.74, 6) is 0.803. The summed E-state index contributed by atoms with van der Waals surface area (Å²) in [4.78, 5) is 2.61. The molecule has 2 aliphatic heterocycles. The smallest absolute Gasteiger partial charge is 0.125 e. The Balaban J connectivity index is 1.51. The molecule has 28 heavy (non-hydrogen) atoms. The summed E-state index contributed by atoms with van der Waals surface area (Å²) in [7, 11) is 1.70. The van der Waals surface area contributed by atoms with Crippen LogP contribution in [0.1, 0.15) is 36.8 Å². The number of aliphatic hydroxyl groups is 1. The van der Waals surface area contributed by atoms with Crippen LogP contribution in [0.2, 0.25) is 0 Å². The van der Waals surface area contributed by atoms with Crippen molar-refractivity contribution in [2.24, 2.45) is 0 Å². The highest BCUT2D eigenvalue weighted by atomic mass is 16.5. The van der Waals surface area contributed by atoms with Gasteiger partial charge in [0.2, 0.25) is 0 Å². The van der Waals surface area contributed by atoms with Crippen LogP contribution in [-0.4, -0.2) is 29.2 Å². The fourth-order valence-corrected chi connectivity index (χ4v) is 5.47. The van der Waals surface area contributed by atoms with Gasteiger partial charge in [-0.05, 0) is 48.1 Å². The van der Waals surface area contributed by atoms with Gasteiger partial charge in [-0.1, -0.05) is 60.7 Å². The Morgan fingerprint density at radius 2 is 1.61 bits per heavy atom. The molecule has 0 radical (unpaired) electrons. The zero-order valence-electron chi connectivity index (χ0n) is 16.3. The van der Waals surface area contributed by atoms with Crippen molar-refractivity contribution in [3.63, 3.8) is 0 Å². The molecule has 5 rings (SSSR count). The van der Waals surface area contributed by atoms with Gasteiger partial charge in [-0.25, -0.2) is 0 Å². The predicted octanol–water partition coefficient (Wildman–Crippen LogP) is 4.86. The van der Waals surface area contributed by atoms with Crippen molar-refractivity contribution in [1.29, 1.82) is 0 Å². The van der Waals surface area contributed by atoms with Gasteiger partial charge in [-0.3, -0.25) is 4.90 Å². The highest BCUT2D eigenvalue weighted by Gasteiger charge is 2.49. The molecule has 0 amide bonds. The van der Waals surface area contributed by atoms with Crippen LogP contribution in [0.3, 0.4) is 0 Å². The van der Waals surface area contributed by atoms with Gasteiger partial charge in [0.25, 0.3) is 0 Å². The summed E-state index contributed by atoms with van der Waals surface area (Å²) in [6.07, 6.45) is 3.85. The lowest BCUT2D eigenvalue weighted by atomic mass is 9.78. The highest BCUT2D eigenvalue weighted by molar-refractivity contribution is 5.88. The summed E-state index contributed by atoms with van der Waals surface area (Å²) in [5.41, 5.74) is 1.49. The standard InChI is InChI=1S/C25H27NO2/c1-28-23-14-11-19-9-5-6-10-22(19)24(23)25(27)15-20-12-13-21(16-25)26(20)17-18-7-3-2-4-8-18/h2-11,14,20-21,27H,12-13,15-17H2,1H3. The maximum Gasteiger partial charge on any atom is 0.125 e. The van der Waals surface area contributed by atoms with Crippen LogP contribution in [0, 0.1) is 0 Å². The lowest BCUT2D eigenvalue weighted by Crippen LogP contribution is -2.49. The van der Waals surface area contributed by atoms with E-state index in [0.717, 1.165) is 54.3 Å². The predicted molar refractivity (Wildman–Crippen MR) is 112 cm³/mol. The second-order valence-corrected chi connectivity index (χ2v) is 8.35. The number of piperidine rings is 1. The van der Waals surface area contributed by atoms with E-state index in [4.69, 9.17) is 4.74 Å². The quantitative estimate of drug-likeness (QED) is 0.709. The topological polar surface area (TPSA) is 32.7 Å². The number of fused-ring (bicyclic) bond motifs is 3. The van der Waals surface area contributed by atoms with Crippen LogP contribution in [-0.2, 0) is 12.1 Å². The number of hydrogen-bond acceptors (Lipinski definition) is 3. The zero-order chi connectivity index (χ0) is 19.1. The van der Waals surface area contributed by atoms with Gasteiger partial charge >= 0.3 is 0 Å². The van der Waals surface area contributed by atoms with Gasteiger partial charge < -0.3 is 9.84 Å². The maximum atomic E-state index is 11.9. The van der Waals surface area contributed by atoms with Crippen molar-refractivity contribution in [2.45, 2.75) is 49.9 Å². The molecule has 0 saturated carbocycles. The number of benzene rings is 3. The summed E-state index contributed by atoms with van der Waals surface area (Å²) >= 11 is 0. The fourth-order valence-electron chi connectivity index (χ4n) is 5.47. The third-order valence-corrected chi connectivity index (χ3v) is 6.70. The molecule has 2 saturated heterocycles. The average Bonchev–Trinajstić information content (AvgIpc) is 2.97. The van der Waals surface area contributed by atoms with Crippen molar-refractivity contribution in [3.8, 4) is 5.75 Å². The van der Waals surface area contributed by atoms with E-state index in [2.05, 4.69) is 59.5 Å². The van der Waals surface area contributed by atoms with Crippen molar-refractivity contribution in [3.05, 3.63) is 77.9 Å². The fraction of sp³-hybridized carbons (Fsp3) is 0.360. The van der Waals surface area contributed by atoms with E-state index in [1.54, 1.807) is 7.11 Å². The van der Waals surface area contributed by atoms with Crippen LogP contribution in [0.5, 0.6) is 5.75 Å². The SMILES string of the molecule is COc1ccc2ccccc2c1C1(O)CC2CCC(C1)N2Cc1ccccc1. The average molecular weight is 373 g/mol. The van der Waals surface area contributed by atoms with Crippen molar-refractivity contribution >= 4 is 10.8 Å². The minimum absolute atomic E-state index is 0.410. The molecule has 3 aromatic rings. The molecular formula is C25H27NO2. The largest absolute Gasteiger partial charge is 0.496 e. The van der Waals surface area contributed by atoms with Gasteiger partial charge in [-0.2, -0.15) is 0 Å². The monoisotopic (exact) mass is 373 g/mol. The van der Waals surface area contributed by atoms with E-state index in [1.807, 2.05) is 12.1 Å². The molecule has 3 nitrogen and oxygen atoms in total. The molecule has 2 bridgehead atoms. The first kappa shape index (κ1) is 17.7. The molecule has 144 valence electrons. The lowest BCUT2D eigenvalue weighted by molar-refractivity contribution is -0.0596. The van der Waals surface area contributed by atoms with Crippen LogP contribution in [0.25, 0.3) is 10.8 Å². The second kappa shape index (κ2) is 6.91. The molecule has 2 heterocycles. The minimum atomic E-state index is -0.842. The van der Waals surface area contributed by atoms with E-state index in [0.29, 0.717) is 12.1 Å². The molecule has 2 unspecified atom stereocenters. The number of ether oxygens (including phenoxy) is 1. The van der Waals surface area contributed by atoms with Crippen LogP contribution < -0.4 is 4.74 Å². The number of nitrogens with zero attached hydrogens (tertiary/aromatic N) is 1. The van der Waals surface area contributed by atoms with Crippen molar-refractivity contribution in [2.75, 3.05) is 7.11 Å². The van der Waals surface area contributed by atoms with Gasteiger partial charge in [0.15, 0.2) is 0 Å². The molecule has 0 spiro atoms. The summed E-state index contributed by atoms with van der Waals surface area (Å²) < 4.78 is 5.71. The molecule has 0 aliphatic carbocycles. The van der Waals surface area contributed by atoms with Crippen LogP contribution in [0.15, 0.2) is 66.7 Å². The Morgan fingerprint density at radius 1 is 0.929 bits per heavy atom. The molecule has 1 N–H and O–H groups in total. The van der Waals surface area contributed by atoms with E-state index in [1.165, 1.54) is 5.56 Å². The Bertz CT molecular complexity index is 970. The Labute approximate surface area is 166 Å². The first-order valence-electron chi connectivity index (χ1n) is 10.3. The Kier molecular flexibility index (Phi) is 4.37. The Morgan fingerprint density at radius 3 is 2.32 bits per heavy atom. The third-order valence-electron chi connectivity index (χ3n) is 6.70.